The Labute approximate surface area is 116 Å². The van der Waals surface area contributed by atoms with Crippen LogP contribution in [-0.2, 0) is 0 Å². The summed E-state index contributed by atoms with van der Waals surface area (Å²) in [6.45, 7) is 4.06. The Balaban J connectivity index is 2.11. The van der Waals surface area contributed by atoms with Gasteiger partial charge in [0.1, 0.15) is 28.3 Å². The monoisotopic (exact) mass is 266 g/mol. The molecule has 3 nitrogen and oxygen atoms in total. The van der Waals surface area contributed by atoms with Gasteiger partial charge in [0.25, 0.3) is 0 Å². The molecule has 0 bridgehead atoms. The molecule has 3 aromatic rings. The summed E-state index contributed by atoms with van der Waals surface area (Å²) in [4.78, 5) is 0. The number of fused-ring (bicyclic) bond motifs is 5. The first-order chi connectivity index (χ1) is 9.53. The van der Waals surface area contributed by atoms with Crippen molar-refractivity contribution in [2.24, 2.45) is 0 Å². The van der Waals surface area contributed by atoms with Crippen LogP contribution in [0.2, 0.25) is 0 Å². The number of hydrogen-bond acceptors (Lipinski definition) is 3. The molecule has 0 saturated carbocycles. The van der Waals surface area contributed by atoms with E-state index >= 15 is 0 Å². The largest absolute Gasteiger partial charge is 0.508 e. The molecule has 0 atom stereocenters. The Morgan fingerprint density at radius 1 is 1.05 bits per heavy atom. The van der Waals surface area contributed by atoms with Crippen LogP contribution in [-0.4, -0.2) is 10.7 Å². The lowest BCUT2D eigenvalue weighted by atomic mass is 9.98. The maximum absolute atomic E-state index is 9.56. The standard InChI is InChI=1S/C17H14O3/c1-17(2)8-7-12-13(20-17)5-6-14-16(12)11-4-3-10(18)9-15(11)19-14/h3-9,18H,1-2H3. The van der Waals surface area contributed by atoms with Crippen LogP contribution in [0.15, 0.2) is 40.8 Å². The number of furan rings is 1. The first kappa shape index (κ1) is 11.4. The van der Waals surface area contributed by atoms with Gasteiger partial charge in [0, 0.05) is 22.4 Å². The highest BCUT2D eigenvalue weighted by atomic mass is 16.5. The van der Waals surface area contributed by atoms with E-state index in [1.165, 1.54) is 0 Å². The first-order valence-electron chi connectivity index (χ1n) is 6.60. The Morgan fingerprint density at radius 2 is 1.90 bits per heavy atom. The number of rotatable bonds is 0. The minimum Gasteiger partial charge on any atom is -0.508 e. The minimum absolute atomic E-state index is 0.207. The van der Waals surface area contributed by atoms with Gasteiger partial charge in [0.15, 0.2) is 0 Å². The Bertz CT molecular complexity index is 869. The van der Waals surface area contributed by atoms with E-state index in [9.17, 15) is 5.11 Å². The normalized spacial score (nSPS) is 16.3. The predicted octanol–water partition coefficient (Wildman–Crippen LogP) is 4.48. The van der Waals surface area contributed by atoms with Crippen LogP contribution >= 0.6 is 0 Å². The zero-order valence-electron chi connectivity index (χ0n) is 11.3. The van der Waals surface area contributed by atoms with Crippen molar-refractivity contribution in [3.63, 3.8) is 0 Å². The van der Waals surface area contributed by atoms with Crippen molar-refractivity contribution in [3.05, 3.63) is 42.0 Å². The van der Waals surface area contributed by atoms with Crippen LogP contribution < -0.4 is 4.74 Å². The average molecular weight is 266 g/mol. The van der Waals surface area contributed by atoms with E-state index in [1.54, 1.807) is 12.1 Å². The van der Waals surface area contributed by atoms with Gasteiger partial charge in [0.2, 0.25) is 0 Å². The van der Waals surface area contributed by atoms with Crippen LogP contribution in [0, 0.1) is 0 Å². The second-order valence-electron chi connectivity index (χ2n) is 5.67. The van der Waals surface area contributed by atoms with Crippen molar-refractivity contribution in [1.82, 2.24) is 0 Å². The van der Waals surface area contributed by atoms with Crippen molar-refractivity contribution in [2.75, 3.05) is 0 Å². The molecule has 4 rings (SSSR count). The molecule has 3 heteroatoms. The molecular weight excluding hydrogens is 252 g/mol. The molecule has 0 radical (unpaired) electrons. The minimum atomic E-state index is -0.293. The highest BCUT2D eigenvalue weighted by molar-refractivity contribution is 6.10. The molecule has 0 fully saturated rings. The smallest absolute Gasteiger partial charge is 0.139 e. The Kier molecular flexibility index (Phi) is 2.04. The van der Waals surface area contributed by atoms with Gasteiger partial charge in [0.05, 0.1) is 0 Å². The predicted molar refractivity (Wildman–Crippen MR) is 79.1 cm³/mol. The molecule has 1 N–H and O–H groups in total. The molecular formula is C17H14O3. The zero-order valence-corrected chi connectivity index (χ0v) is 11.3. The number of phenolic OH excluding ortho intramolecular Hbond substituents is 1. The highest BCUT2D eigenvalue weighted by Gasteiger charge is 2.24. The SMILES string of the molecule is CC1(C)C=Cc2c(ccc3oc4cc(O)ccc4c23)O1. The number of ether oxygens (including phenoxy) is 1. The number of benzene rings is 2. The summed E-state index contributed by atoms with van der Waals surface area (Å²) in [7, 11) is 0. The summed E-state index contributed by atoms with van der Waals surface area (Å²) in [6.07, 6.45) is 4.14. The van der Waals surface area contributed by atoms with Crippen LogP contribution in [0.5, 0.6) is 11.5 Å². The van der Waals surface area contributed by atoms with E-state index < -0.39 is 0 Å². The van der Waals surface area contributed by atoms with E-state index in [2.05, 4.69) is 6.08 Å². The van der Waals surface area contributed by atoms with Gasteiger partial charge in [-0.2, -0.15) is 0 Å². The van der Waals surface area contributed by atoms with Crippen molar-refractivity contribution in [3.8, 4) is 11.5 Å². The van der Waals surface area contributed by atoms with E-state index in [4.69, 9.17) is 9.15 Å². The summed E-state index contributed by atoms with van der Waals surface area (Å²) in [5.41, 5.74) is 2.23. The Hall–Kier alpha value is -2.42. The van der Waals surface area contributed by atoms with Gasteiger partial charge in [-0.3, -0.25) is 0 Å². The third-order valence-electron chi connectivity index (χ3n) is 3.65. The molecule has 0 unspecified atom stereocenters. The summed E-state index contributed by atoms with van der Waals surface area (Å²) < 4.78 is 11.8. The fourth-order valence-electron chi connectivity index (χ4n) is 2.72. The lowest BCUT2D eigenvalue weighted by Crippen LogP contribution is -2.27. The number of phenols is 1. The van der Waals surface area contributed by atoms with Crippen molar-refractivity contribution in [2.45, 2.75) is 19.4 Å². The lowest BCUT2D eigenvalue weighted by Gasteiger charge is -2.27. The molecule has 0 aliphatic carbocycles. The summed E-state index contributed by atoms with van der Waals surface area (Å²) in [5.74, 6) is 1.07. The maximum Gasteiger partial charge on any atom is 0.139 e. The second-order valence-corrected chi connectivity index (χ2v) is 5.67. The van der Waals surface area contributed by atoms with Crippen molar-refractivity contribution >= 4 is 28.0 Å². The molecule has 2 aromatic carbocycles. The van der Waals surface area contributed by atoms with Crippen LogP contribution in [0.25, 0.3) is 28.0 Å². The summed E-state index contributed by atoms with van der Waals surface area (Å²) in [5, 5.41) is 11.6. The van der Waals surface area contributed by atoms with Gasteiger partial charge >= 0.3 is 0 Å². The molecule has 0 amide bonds. The Morgan fingerprint density at radius 3 is 2.75 bits per heavy atom. The van der Waals surface area contributed by atoms with E-state index in [-0.39, 0.29) is 11.4 Å². The molecule has 1 aromatic heterocycles. The highest BCUT2D eigenvalue weighted by Crippen LogP contribution is 2.41. The van der Waals surface area contributed by atoms with Gasteiger partial charge in [-0.05, 0) is 44.2 Å². The van der Waals surface area contributed by atoms with Gasteiger partial charge in [-0.15, -0.1) is 0 Å². The molecule has 0 spiro atoms. The summed E-state index contributed by atoms with van der Waals surface area (Å²) >= 11 is 0. The van der Waals surface area contributed by atoms with Gasteiger partial charge in [-0.1, -0.05) is 6.08 Å². The third-order valence-corrected chi connectivity index (χ3v) is 3.65. The number of hydrogen-bond donors (Lipinski definition) is 1. The molecule has 0 saturated heterocycles. The topological polar surface area (TPSA) is 42.6 Å². The molecule has 2 heterocycles. The molecule has 1 aliphatic rings. The number of aromatic hydroxyl groups is 1. The average Bonchev–Trinajstić information content (AvgIpc) is 2.74. The molecule has 1 aliphatic heterocycles. The van der Waals surface area contributed by atoms with E-state index in [0.717, 1.165) is 27.7 Å². The van der Waals surface area contributed by atoms with Gasteiger partial charge < -0.3 is 14.3 Å². The molecule has 20 heavy (non-hydrogen) atoms. The third kappa shape index (κ3) is 1.53. The van der Waals surface area contributed by atoms with E-state index in [0.29, 0.717) is 5.58 Å². The van der Waals surface area contributed by atoms with Crippen LogP contribution in [0.4, 0.5) is 0 Å². The maximum atomic E-state index is 9.56. The quantitative estimate of drug-likeness (QED) is 0.652. The van der Waals surface area contributed by atoms with Gasteiger partial charge in [-0.25, -0.2) is 0 Å². The fraction of sp³-hybridized carbons (Fsp3) is 0.176. The summed E-state index contributed by atoms with van der Waals surface area (Å²) in [6, 6.07) is 9.04. The van der Waals surface area contributed by atoms with Crippen molar-refractivity contribution in [1.29, 1.82) is 0 Å². The lowest BCUT2D eigenvalue weighted by molar-refractivity contribution is 0.159. The van der Waals surface area contributed by atoms with Crippen LogP contribution in [0.3, 0.4) is 0 Å². The van der Waals surface area contributed by atoms with Crippen molar-refractivity contribution < 1.29 is 14.3 Å². The molecule has 100 valence electrons. The fourth-order valence-corrected chi connectivity index (χ4v) is 2.72. The van der Waals surface area contributed by atoms with Crippen LogP contribution in [0.1, 0.15) is 19.4 Å². The second kappa shape index (κ2) is 3.57. The zero-order chi connectivity index (χ0) is 13.9. The first-order valence-corrected chi connectivity index (χ1v) is 6.60. The van der Waals surface area contributed by atoms with E-state index in [1.807, 2.05) is 38.1 Å².